The van der Waals surface area contributed by atoms with E-state index in [9.17, 15) is 4.79 Å². The number of ketones is 1. The summed E-state index contributed by atoms with van der Waals surface area (Å²) in [5.41, 5.74) is 1.97. The molecule has 5 rings (SSSR count). The van der Waals surface area contributed by atoms with Gasteiger partial charge < -0.3 is 0 Å². The number of hydrogen-bond donors (Lipinski definition) is 0. The zero-order chi connectivity index (χ0) is 14.4. The Kier molecular flexibility index (Phi) is 2.48. The van der Waals surface area contributed by atoms with Crippen molar-refractivity contribution in [2.24, 2.45) is 46.8 Å². The van der Waals surface area contributed by atoms with Gasteiger partial charge in [-0.3, -0.25) is 4.79 Å². The number of allylic oxidation sites excluding steroid dienone is 2. The molecule has 5 aliphatic rings. The Bertz CT molecular complexity index is 528. The highest BCUT2D eigenvalue weighted by molar-refractivity contribution is 5.92. The first-order valence-electron chi connectivity index (χ1n) is 9.34. The van der Waals surface area contributed by atoms with Crippen LogP contribution in [0.4, 0.5) is 0 Å². The molecule has 0 radical (unpaired) electrons. The highest BCUT2D eigenvalue weighted by Crippen LogP contribution is 2.72. The molecule has 0 N–H and O–H groups in total. The third-order valence-electron chi connectivity index (χ3n) is 8.08. The van der Waals surface area contributed by atoms with Crippen molar-refractivity contribution in [1.29, 1.82) is 0 Å². The molecule has 21 heavy (non-hydrogen) atoms. The second-order valence-corrected chi connectivity index (χ2v) is 9.14. The van der Waals surface area contributed by atoms with E-state index >= 15 is 0 Å². The molecule has 0 bridgehead atoms. The maximum Gasteiger partial charge on any atom is 0.155 e. The summed E-state index contributed by atoms with van der Waals surface area (Å²) in [4.78, 5) is 11.9. The number of carbonyl (C=O) groups is 1. The quantitative estimate of drug-likeness (QED) is 0.686. The molecule has 0 aromatic rings. The van der Waals surface area contributed by atoms with Gasteiger partial charge in [-0.25, -0.2) is 0 Å². The molecule has 1 nitrogen and oxygen atoms in total. The van der Waals surface area contributed by atoms with Crippen LogP contribution in [0.15, 0.2) is 11.6 Å². The van der Waals surface area contributed by atoms with Gasteiger partial charge in [0.1, 0.15) is 0 Å². The van der Waals surface area contributed by atoms with Crippen molar-refractivity contribution in [1.82, 2.24) is 0 Å². The predicted molar refractivity (Wildman–Crippen MR) is 83.6 cm³/mol. The van der Waals surface area contributed by atoms with Crippen molar-refractivity contribution in [3.63, 3.8) is 0 Å². The highest BCUT2D eigenvalue weighted by atomic mass is 16.1. The summed E-state index contributed by atoms with van der Waals surface area (Å²) < 4.78 is 0. The summed E-state index contributed by atoms with van der Waals surface area (Å²) in [7, 11) is 0. The number of hydrogen-bond acceptors (Lipinski definition) is 1. The number of carbonyl (C=O) groups excluding carboxylic acids is 1. The van der Waals surface area contributed by atoms with Crippen molar-refractivity contribution in [3.8, 4) is 0 Å². The molecule has 0 amide bonds. The van der Waals surface area contributed by atoms with E-state index in [0.29, 0.717) is 11.2 Å². The van der Waals surface area contributed by atoms with Crippen LogP contribution in [-0.4, -0.2) is 5.78 Å². The van der Waals surface area contributed by atoms with Gasteiger partial charge >= 0.3 is 0 Å². The Morgan fingerprint density at radius 1 is 1.14 bits per heavy atom. The standard InChI is InChI=1S/C20H28O/c1-11-3-6-16-19(18(11)12-4-5-12)15-10-14(15)17-9-13(21)7-8-20(16,17)2/h9,11-12,14-16,18-19H,3-8,10H2,1-2H3/t11-,14-,15+,16?,18?,19?,20-/m1/s1. The fourth-order valence-electron chi connectivity index (χ4n) is 6.93. The van der Waals surface area contributed by atoms with Crippen LogP contribution in [0.25, 0.3) is 0 Å². The zero-order valence-electron chi connectivity index (χ0n) is 13.5. The van der Waals surface area contributed by atoms with Crippen LogP contribution in [0.1, 0.15) is 58.8 Å². The average Bonchev–Trinajstić information content (AvgIpc) is 3.34. The van der Waals surface area contributed by atoms with Gasteiger partial charge in [0, 0.05) is 6.42 Å². The van der Waals surface area contributed by atoms with E-state index in [4.69, 9.17) is 0 Å². The third kappa shape index (κ3) is 1.67. The summed E-state index contributed by atoms with van der Waals surface area (Å²) in [5.74, 6) is 7.10. The van der Waals surface area contributed by atoms with E-state index < -0.39 is 0 Å². The Labute approximate surface area is 128 Å². The van der Waals surface area contributed by atoms with Gasteiger partial charge in [0.25, 0.3) is 0 Å². The average molecular weight is 284 g/mol. The summed E-state index contributed by atoms with van der Waals surface area (Å²) >= 11 is 0. The largest absolute Gasteiger partial charge is 0.295 e. The van der Waals surface area contributed by atoms with Crippen LogP contribution in [0, 0.1) is 46.8 Å². The molecule has 0 heterocycles. The Morgan fingerprint density at radius 2 is 1.95 bits per heavy atom. The summed E-state index contributed by atoms with van der Waals surface area (Å²) in [6, 6.07) is 0. The molecule has 7 atom stereocenters. The molecule has 5 aliphatic carbocycles. The van der Waals surface area contributed by atoms with Crippen molar-refractivity contribution >= 4 is 5.78 Å². The highest BCUT2D eigenvalue weighted by Gasteiger charge is 2.65. The fraction of sp³-hybridized carbons (Fsp3) is 0.850. The second-order valence-electron chi connectivity index (χ2n) is 9.14. The van der Waals surface area contributed by atoms with Gasteiger partial charge in [-0.2, -0.15) is 0 Å². The first kappa shape index (κ1) is 12.9. The SMILES string of the molecule is C[C@@H]1CCC2C(C1C1CC1)[C@H]1C[C@H]1C1=CC(=O)CC[C@@]12C. The van der Waals surface area contributed by atoms with Gasteiger partial charge in [0.15, 0.2) is 5.78 Å². The first-order chi connectivity index (χ1) is 10.1. The lowest BCUT2D eigenvalue weighted by atomic mass is 9.49. The van der Waals surface area contributed by atoms with Crippen LogP contribution in [0.2, 0.25) is 0 Å². The minimum absolute atomic E-state index is 0.378. The normalized spacial score (nSPS) is 55.1. The topological polar surface area (TPSA) is 17.1 Å². The maximum absolute atomic E-state index is 11.9. The van der Waals surface area contributed by atoms with Crippen molar-refractivity contribution < 1.29 is 4.79 Å². The van der Waals surface area contributed by atoms with Crippen LogP contribution in [0.3, 0.4) is 0 Å². The molecular formula is C20H28O. The van der Waals surface area contributed by atoms with Gasteiger partial charge in [0.2, 0.25) is 0 Å². The fourth-order valence-corrected chi connectivity index (χ4v) is 6.93. The smallest absolute Gasteiger partial charge is 0.155 e. The van der Waals surface area contributed by atoms with Crippen molar-refractivity contribution in [2.75, 3.05) is 0 Å². The third-order valence-corrected chi connectivity index (χ3v) is 8.08. The Morgan fingerprint density at radius 3 is 2.71 bits per heavy atom. The molecule has 4 fully saturated rings. The minimum atomic E-state index is 0.378. The van der Waals surface area contributed by atoms with Crippen LogP contribution in [0.5, 0.6) is 0 Å². The Balaban J connectivity index is 1.57. The lowest BCUT2D eigenvalue weighted by Crippen LogP contribution is -2.49. The number of rotatable bonds is 1. The minimum Gasteiger partial charge on any atom is -0.295 e. The van der Waals surface area contributed by atoms with Crippen LogP contribution in [-0.2, 0) is 4.79 Å². The Hall–Kier alpha value is -0.590. The summed E-state index contributed by atoms with van der Waals surface area (Å²) in [6.45, 7) is 5.06. The maximum atomic E-state index is 11.9. The van der Waals surface area contributed by atoms with Crippen LogP contribution < -0.4 is 0 Å². The van der Waals surface area contributed by atoms with E-state index in [1.165, 1.54) is 32.1 Å². The molecule has 4 saturated carbocycles. The molecule has 0 aromatic carbocycles. The van der Waals surface area contributed by atoms with Crippen molar-refractivity contribution in [3.05, 3.63) is 11.6 Å². The molecule has 0 spiro atoms. The monoisotopic (exact) mass is 284 g/mol. The molecule has 0 aliphatic heterocycles. The lowest BCUT2D eigenvalue weighted by Gasteiger charge is -2.55. The van der Waals surface area contributed by atoms with Gasteiger partial charge in [-0.1, -0.05) is 25.8 Å². The van der Waals surface area contributed by atoms with E-state index in [2.05, 4.69) is 19.9 Å². The molecule has 3 unspecified atom stereocenters. The predicted octanol–water partition coefficient (Wildman–Crippen LogP) is 4.62. The van der Waals surface area contributed by atoms with E-state index in [0.717, 1.165) is 54.3 Å². The molecule has 0 aromatic heterocycles. The van der Waals surface area contributed by atoms with E-state index in [1.807, 2.05) is 0 Å². The van der Waals surface area contributed by atoms with Crippen LogP contribution >= 0.6 is 0 Å². The zero-order valence-corrected chi connectivity index (χ0v) is 13.5. The first-order valence-corrected chi connectivity index (χ1v) is 9.34. The second kappa shape index (κ2) is 4.03. The molecule has 114 valence electrons. The lowest BCUT2D eigenvalue weighted by molar-refractivity contribution is -0.117. The van der Waals surface area contributed by atoms with Crippen molar-refractivity contribution in [2.45, 2.75) is 58.8 Å². The summed E-state index contributed by atoms with van der Waals surface area (Å²) in [6.07, 6.45) is 11.3. The molecule has 1 heteroatoms. The molecule has 0 saturated heterocycles. The van der Waals surface area contributed by atoms with Gasteiger partial charge in [-0.15, -0.1) is 0 Å². The van der Waals surface area contributed by atoms with Gasteiger partial charge in [0.05, 0.1) is 0 Å². The number of fused-ring (bicyclic) bond motifs is 6. The van der Waals surface area contributed by atoms with E-state index in [-0.39, 0.29) is 0 Å². The van der Waals surface area contributed by atoms with Gasteiger partial charge in [-0.05, 0) is 85.0 Å². The summed E-state index contributed by atoms with van der Waals surface area (Å²) in [5, 5.41) is 0. The van der Waals surface area contributed by atoms with E-state index in [1.54, 1.807) is 5.57 Å². The molecular weight excluding hydrogens is 256 g/mol.